The van der Waals surface area contributed by atoms with Gasteiger partial charge in [0.15, 0.2) is 0 Å². The molecule has 2 N–H and O–H groups in total. The predicted molar refractivity (Wildman–Crippen MR) is 62.7 cm³/mol. The van der Waals surface area contributed by atoms with Crippen molar-refractivity contribution in [2.24, 2.45) is 5.92 Å². The monoisotopic (exact) mass is 212 g/mol. The largest absolute Gasteiger partial charge is 0.353 e. The summed E-state index contributed by atoms with van der Waals surface area (Å²) in [6.45, 7) is 7.24. The minimum Gasteiger partial charge on any atom is -0.353 e. The van der Waals surface area contributed by atoms with E-state index in [9.17, 15) is 4.79 Å². The first kappa shape index (κ1) is 12.5. The van der Waals surface area contributed by atoms with E-state index in [0.29, 0.717) is 24.4 Å². The molecular formula is C12H24N2O. The quantitative estimate of drug-likeness (QED) is 0.674. The zero-order valence-electron chi connectivity index (χ0n) is 10.2. The lowest BCUT2D eigenvalue weighted by atomic mass is 10.0. The number of amides is 1. The standard InChI is InChI=1S/C12H24N2O/c1-4-9(2)10(3)14-12(15)7-8-13-11-5-6-11/h9-11,13H,4-8H2,1-3H3,(H,14,15). The Kier molecular flexibility index (Phi) is 5.09. The van der Waals surface area contributed by atoms with Crippen LogP contribution in [0.5, 0.6) is 0 Å². The van der Waals surface area contributed by atoms with Gasteiger partial charge < -0.3 is 10.6 Å². The van der Waals surface area contributed by atoms with E-state index in [4.69, 9.17) is 0 Å². The normalized spacial score (nSPS) is 19.7. The van der Waals surface area contributed by atoms with Crippen LogP contribution in [0.25, 0.3) is 0 Å². The first-order valence-corrected chi connectivity index (χ1v) is 6.16. The fourth-order valence-corrected chi connectivity index (χ4v) is 1.50. The van der Waals surface area contributed by atoms with E-state index in [1.165, 1.54) is 12.8 Å². The highest BCUT2D eigenvalue weighted by Crippen LogP contribution is 2.18. The highest BCUT2D eigenvalue weighted by atomic mass is 16.1. The molecule has 0 aliphatic heterocycles. The topological polar surface area (TPSA) is 41.1 Å². The molecule has 1 fully saturated rings. The summed E-state index contributed by atoms with van der Waals surface area (Å²) in [4.78, 5) is 11.5. The first-order valence-electron chi connectivity index (χ1n) is 6.16. The Balaban J connectivity index is 2.05. The second-order valence-electron chi connectivity index (χ2n) is 4.72. The molecule has 3 nitrogen and oxygen atoms in total. The van der Waals surface area contributed by atoms with E-state index in [1.807, 2.05) is 0 Å². The summed E-state index contributed by atoms with van der Waals surface area (Å²) in [7, 11) is 0. The van der Waals surface area contributed by atoms with Gasteiger partial charge in [0.1, 0.15) is 0 Å². The molecule has 0 aromatic heterocycles. The van der Waals surface area contributed by atoms with Crippen LogP contribution in [-0.2, 0) is 4.79 Å². The third-order valence-electron chi connectivity index (χ3n) is 3.25. The second-order valence-corrected chi connectivity index (χ2v) is 4.72. The number of rotatable bonds is 7. The fourth-order valence-electron chi connectivity index (χ4n) is 1.50. The van der Waals surface area contributed by atoms with E-state index in [1.54, 1.807) is 0 Å². The molecule has 1 saturated carbocycles. The smallest absolute Gasteiger partial charge is 0.221 e. The van der Waals surface area contributed by atoms with Gasteiger partial charge in [0.2, 0.25) is 5.91 Å². The molecule has 3 heteroatoms. The van der Waals surface area contributed by atoms with Gasteiger partial charge in [0, 0.05) is 25.0 Å². The molecule has 1 amide bonds. The maximum atomic E-state index is 11.5. The highest BCUT2D eigenvalue weighted by molar-refractivity contribution is 5.76. The van der Waals surface area contributed by atoms with E-state index in [2.05, 4.69) is 31.4 Å². The zero-order chi connectivity index (χ0) is 11.3. The summed E-state index contributed by atoms with van der Waals surface area (Å²) in [5.74, 6) is 0.737. The van der Waals surface area contributed by atoms with Gasteiger partial charge in [0.05, 0.1) is 0 Å². The average molecular weight is 212 g/mol. The Bertz CT molecular complexity index is 202. The van der Waals surface area contributed by atoms with Gasteiger partial charge in [-0.25, -0.2) is 0 Å². The number of hydrogen-bond donors (Lipinski definition) is 2. The number of carbonyl (C=O) groups excluding carboxylic acids is 1. The van der Waals surface area contributed by atoms with Crippen LogP contribution >= 0.6 is 0 Å². The molecule has 2 atom stereocenters. The van der Waals surface area contributed by atoms with E-state index in [0.717, 1.165) is 13.0 Å². The van der Waals surface area contributed by atoms with Crippen molar-refractivity contribution >= 4 is 5.91 Å². The summed E-state index contributed by atoms with van der Waals surface area (Å²) >= 11 is 0. The summed E-state index contributed by atoms with van der Waals surface area (Å²) in [5, 5.41) is 6.39. The lowest BCUT2D eigenvalue weighted by Gasteiger charge is -2.19. The van der Waals surface area contributed by atoms with Gasteiger partial charge in [-0.2, -0.15) is 0 Å². The molecule has 0 aromatic carbocycles. The van der Waals surface area contributed by atoms with Gasteiger partial charge in [0.25, 0.3) is 0 Å². The Morgan fingerprint density at radius 1 is 1.40 bits per heavy atom. The van der Waals surface area contributed by atoms with Gasteiger partial charge in [-0.15, -0.1) is 0 Å². The third kappa shape index (κ3) is 5.17. The molecule has 0 bridgehead atoms. The summed E-state index contributed by atoms with van der Waals surface area (Å²) < 4.78 is 0. The van der Waals surface area contributed by atoms with Gasteiger partial charge in [-0.3, -0.25) is 4.79 Å². The number of nitrogens with one attached hydrogen (secondary N) is 2. The molecule has 1 rings (SSSR count). The highest BCUT2D eigenvalue weighted by Gasteiger charge is 2.20. The Morgan fingerprint density at radius 3 is 2.60 bits per heavy atom. The molecule has 1 aliphatic rings. The predicted octanol–water partition coefficient (Wildman–Crippen LogP) is 1.68. The van der Waals surface area contributed by atoms with Crippen molar-refractivity contribution in [3.63, 3.8) is 0 Å². The molecule has 2 unspecified atom stereocenters. The molecular weight excluding hydrogens is 188 g/mol. The van der Waals surface area contributed by atoms with Gasteiger partial charge in [-0.1, -0.05) is 20.3 Å². The molecule has 0 heterocycles. The van der Waals surface area contributed by atoms with Crippen molar-refractivity contribution in [2.75, 3.05) is 6.54 Å². The Hall–Kier alpha value is -0.570. The van der Waals surface area contributed by atoms with Crippen LogP contribution in [-0.4, -0.2) is 24.5 Å². The molecule has 0 radical (unpaired) electrons. The zero-order valence-corrected chi connectivity index (χ0v) is 10.2. The van der Waals surface area contributed by atoms with Crippen LogP contribution in [0.4, 0.5) is 0 Å². The van der Waals surface area contributed by atoms with Gasteiger partial charge >= 0.3 is 0 Å². The summed E-state index contributed by atoms with van der Waals surface area (Å²) in [6, 6.07) is 0.994. The third-order valence-corrected chi connectivity index (χ3v) is 3.25. The Labute approximate surface area is 93.0 Å². The maximum absolute atomic E-state index is 11.5. The van der Waals surface area contributed by atoms with Crippen LogP contribution in [0.1, 0.15) is 46.5 Å². The van der Waals surface area contributed by atoms with Crippen LogP contribution in [0, 0.1) is 5.92 Å². The average Bonchev–Trinajstić information content (AvgIpc) is 3.00. The SMILES string of the molecule is CCC(C)C(C)NC(=O)CCNC1CC1. The van der Waals surface area contributed by atoms with Crippen LogP contribution < -0.4 is 10.6 Å². The lowest BCUT2D eigenvalue weighted by Crippen LogP contribution is -2.38. The second kappa shape index (κ2) is 6.11. The minimum atomic E-state index is 0.177. The van der Waals surface area contributed by atoms with Crippen molar-refractivity contribution in [3.05, 3.63) is 0 Å². The lowest BCUT2D eigenvalue weighted by molar-refractivity contribution is -0.121. The van der Waals surface area contributed by atoms with Crippen molar-refractivity contribution < 1.29 is 4.79 Å². The Morgan fingerprint density at radius 2 is 2.07 bits per heavy atom. The van der Waals surface area contributed by atoms with Crippen molar-refractivity contribution in [1.82, 2.24) is 10.6 Å². The fraction of sp³-hybridized carbons (Fsp3) is 0.917. The van der Waals surface area contributed by atoms with Crippen molar-refractivity contribution in [3.8, 4) is 0 Å². The van der Waals surface area contributed by atoms with E-state index < -0.39 is 0 Å². The van der Waals surface area contributed by atoms with Gasteiger partial charge in [-0.05, 0) is 25.7 Å². The first-order chi connectivity index (χ1) is 7.13. The van der Waals surface area contributed by atoms with Crippen LogP contribution in [0.15, 0.2) is 0 Å². The number of hydrogen-bond acceptors (Lipinski definition) is 2. The van der Waals surface area contributed by atoms with E-state index in [-0.39, 0.29) is 5.91 Å². The molecule has 15 heavy (non-hydrogen) atoms. The van der Waals surface area contributed by atoms with Crippen LogP contribution in [0.3, 0.4) is 0 Å². The molecule has 1 aliphatic carbocycles. The summed E-state index contributed by atoms with van der Waals surface area (Å²) in [5.41, 5.74) is 0. The molecule has 0 aromatic rings. The van der Waals surface area contributed by atoms with Crippen molar-refractivity contribution in [2.45, 2.75) is 58.5 Å². The van der Waals surface area contributed by atoms with E-state index >= 15 is 0 Å². The minimum absolute atomic E-state index is 0.177. The molecule has 0 saturated heterocycles. The maximum Gasteiger partial charge on any atom is 0.221 e. The summed E-state index contributed by atoms with van der Waals surface area (Å²) in [6.07, 6.45) is 4.29. The molecule has 0 spiro atoms. The van der Waals surface area contributed by atoms with Crippen molar-refractivity contribution in [1.29, 1.82) is 0 Å². The number of carbonyl (C=O) groups is 1. The molecule has 88 valence electrons. The van der Waals surface area contributed by atoms with Crippen LogP contribution in [0.2, 0.25) is 0 Å².